The van der Waals surface area contributed by atoms with E-state index in [4.69, 9.17) is 20.8 Å². The van der Waals surface area contributed by atoms with Gasteiger partial charge in [-0.05, 0) is 41.3 Å². The maximum absolute atomic E-state index is 14.0. The van der Waals surface area contributed by atoms with Crippen molar-refractivity contribution < 1.29 is 23.8 Å². The fourth-order valence-corrected chi connectivity index (χ4v) is 6.99. The van der Waals surface area contributed by atoms with Crippen molar-refractivity contribution in [3.05, 3.63) is 112 Å². The minimum absolute atomic E-state index is 0.0193. The molecule has 42 heavy (non-hydrogen) atoms. The van der Waals surface area contributed by atoms with Gasteiger partial charge in [0.25, 0.3) is 5.91 Å². The van der Waals surface area contributed by atoms with Crippen LogP contribution in [0, 0.1) is 0 Å². The van der Waals surface area contributed by atoms with Crippen LogP contribution in [0.15, 0.2) is 92.9 Å². The number of anilines is 1. The monoisotopic (exact) mass is 617 g/mol. The summed E-state index contributed by atoms with van der Waals surface area (Å²) in [6, 6.07) is 21.1. The summed E-state index contributed by atoms with van der Waals surface area (Å²) in [5, 5.41) is 21.3. The topological polar surface area (TPSA) is 106 Å². The number of rotatable bonds is 9. The van der Waals surface area contributed by atoms with Gasteiger partial charge < -0.3 is 14.3 Å². The van der Waals surface area contributed by atoms with Gasteiger partial charge >= 0.3 is 0 Å². The predicted molar refractivity (Wildman–Crippen MR) is 164 cm³/mol. The number of para-hydroxylation sites is 1. The summed E-state index contributed by atoms with van der Waals surface area (Å²) in [7, 11) is 1.51. The van der Waals surface area contributed by atoms with E-state index in [9.17, 15) is 14.7 Å². The quantitative estimate of drug-likeness (QED) is 0.102. The van der Waals surface area contributed by atoms with Crippen LogP contribution in [0.4, 0.5) is 5.13 Å². The van der Waals surface area contributed by atoms with Crippen LogP contribution in [0.3, 0.4) is 0 Å². The first-order chi connectivity index (χ1) is 20.4. The number of furan rings is 1. The molecule has 8 nitrogen and oxygen atoms in total. The highest BCUT2D eigenvalue weighted by atomic mass is 35.5. The molecule has 1 aliphatic heterocycles. The van der Waals surface area contributed by atoms with Crippen molar-refractivity contribution >= 4 is 62.5 Å². The highest BCUT2D eigenvalue weighted by Gasteiger charge is 2.46. The Morgan fingerprint density at radius 1 is 1.12 bits per heavy atom. The van der Waals surface area contributed by atoms with E-state index in [1.807, 2.05) is 55.5 Å². The molecule has 0 radical (unpaired) electrons. The lowest BCUT2D eigenvalue weighted by atomic mass is 9.94. The van der Waals surface area contributed by atoms with E-state index in [-0.39, 0.29) is 16.5 Å². The molecule has 0 aliphatic carbocycles. The van der Waals surface area contributed by atoms with Crippen LogP contribution in [-0.2, 0) is 17.0 Å². The largest absolute Gasteiger partial charge is 0.503 e. The number of Topliss-reactive ketones (excluding diaryl/α,β-unsaturated/α-hetero) is 1. The molecule has 212 valence electrons. The van der Waals surface area contributed by atoms with Crippen molar-refractivity contribution in [2.45, 2.75) is 29.5 Å². The molecule has 6 rings (SSSR count). The minimum Gasteiger partial charge on any atom is -0.503 e. The third-order valence-electron chi connectivity index (χ3n) is 7.02. The number of hydrogen-bond acceptors (Lipinski definition) is 9. The van der Waals surface area contributed by atoms with E-state index in [2.05, 4.69) is 10.2 Å². The lowest BCUT2D eigenvalue weighted by Crippen LogP contribution is -2.31. The fraction of sp³-hybridized carbons (Fsp3) is 0.161. The zero-order chi connectivity index (χ0) is 29.4. The maximum atomic E-state index is 14.0. The number of benzene rings is 3. The number of aryl methyl sites for hydroxylation is 1. The summed E-state index contributed by atoms with van der Waals surface area (Å²) < 4.78 is 11.9. The number of ketones is 1. The molecule has 3 heterocycles. The number of hydrogen-bond donors (Lipinski definition) is 1. The highest BCUT2D eigenvalue weighted by molar-refractivity contribution is 8.00. The van der Waals surface area contributed by atoms with Crippen LogP contribution in [0.25, 0.3) is 11.0 Å². The van der Waals surface area contributed by atoms with Gasteiger partial charge in [-0.3, -0.25) is 14.5 Å². The molecule has 1 unspecified atom stereocenters. The summed E-state index contributed by atoms with van der Waals surface area (Å²) in [5.41, 5.74) is 2.98. The first kappa shape index (κ1) is 28.0. The Labute approximate surface area is 254 Å². The summed E-state index contributed by atoms with van der Waals surface area (Å²) in [6.45, 7) is 2.04. The van der Waals surface area contributed by atoms with Crippen molar-refractivity contribution in [3.63, 3.8) is 0 Å². The van der Waals surface area contributed by atoms with Gasteiger partial charge in [-0.1, -0.05) is 96.2 Å². The fourth-order valence-electron chi connectivity index (χ4n) is 4.84. The van der Waals surface area contributed by atoms with Crippen molar-refractivity contribution in [1.29, 1.82) is 0 Å². The second-order valence-electron chi connectivity index (χ2n) is 9.48. The minimum atomic E-state index is -0.944. The molecule has 1 N–H and O–H groups in total. The smallest absolute Gasteiger partial charge is 0.296 e. The highest BCUT2D eigenvalue weighted by Crippen LogP contribution is 2.44. The van der Waals surface area contributed by atoms with E-state index in [0.29, 0.717) is 37.4 Å². The Balaban J connectivity index is 1.38. The molecule has 0 saturated heterocycles. The number of fused-ring (bicyclic) bond motifs is 1. The summed E-state index contributed by atoms with van der Waals surface area (Å²) >= 11 is 8.94. The number of methoxy groups -OCH3 is 1. The molecule has 2 aromatic heterocycles. The SMILES string of the molecule is CCc1ccc(C2C(C(=O)c3cc4cccc(OC)c4o3)=C(O)C(=O)N2c2nnc(SCc3ccccc3Cl)s2)cc1. The van der Waals surface area contributed by atoms with Crippen LogP contribution in [-0.4, -0.2) is 34.1 Å². The number of nitrogens with zero attached hydrogens (tertiary/aromatic N) is 3. The number of ether oxygens (including phenoxy) is 1. The van der Waals surface area contributed by atoms with Crippen molar-refractivity contribution in [2.24, 2.45) is 0 Å². The van der Waals surface area contributed by atoms with Crippen LogP contribution in [0.5, 0.6) is 5.75 Å². The van der Waals surface area contributed by atoms with Crippen molar-refractivity contribution in [2.75, 3.05) is 12.0 Å². The first-order valence-corrected chi connectivity index (χ1v) is 15.2. The number of halogens is 1. The van der Waals surface area contributed by atoms with Crippen molar-refractivity contribution in [1.82, 2.24) is 10.2 Å². The standard InChI is InChI=1S/C31H24ClN3O5S2/c1-3-17-11-13-18(14-12-17)25-24(26(36)23-15-19-8-6-10-22(39-2)28(19)40-23)27(37)29(38)35(25)30-33-34-31(42-30)41-16-20-7-4-5-9-21(20)32/h4-15,25,37H,3,16H2,1-2H3. The molecule has 0 saturated carbocycles. The van der Waals surface area contributed by atoms with Gasteiger partial charge in [0.1, 0.15) is 0 Å². The van der Waals surface area contributed by atoms with Crippen molar-refractivity contribution in [3.8, 4) is 5.75 Å². The molecule has 3 aromatic carbocycles. The number of carbonyl (C=O) groups excluding carboxylic acids is 2. The second-order valence-corrected chi connectivity index (χ2v) is 12.1. The summed E-state index contributed by atoms with van der Waals surface area (Å²) in [6.07, 6.45) is 0.823. The van der Waals surface area contributed by atoms with E-state index < -0.39 is 23.5 Å². The maximum Gasteiger partial charge on any atom is 0.296 e. The average Bonchev–Trinajstić information content (AvgIpc) is 3.73. The zero-order valence-electron chi connectivity index (χ0n) is 22.5. The van der Waals surface area contributed by atoms with Crippen LogP contribution in [0.2, 0.25) is 5.02 Å². The number of amides is 1. The molecule has 0 bridgehead atoms. The van der Waals surface area contributed by atoms with Gasteiger partial charge in [0.05, 0.1) is 18.7 Å². The second kappa shape index (κ2) is 11.6. The normalized spacial score (nSPS) is 15.2. The molecular weight excluding hydrogens is 594 g/mol. The van der Waals surface area contributed by atoms with E-state index >= 15 is 0 Å². The van der Waals surface area contributed by atoms with Crippen LogP contribution < -0.4 is 9.64 Å². The van der Waals surface area contributed by atoms with Crippen LogP contribution in [0.1, 0.15) is 40.2 Å². The Hall–Kier alpha value is -4.12. The third-order valence-corrected chi connectivity index (χ3v) is 9.49. The molecule has 1 aliphatic rings. The van der Waals surface area contributed by atoms with Gasteiger partial charge in [0, 0.05) is 16.2 Å². The average molecular weight is 618 g/mol. The third kappa shape index (κ3) is 5.06. The molecular formula is C31H24ClN3O5S2. The molecule has 1 atom stereocenters. The van der Waals surface area contributed by atoms with Gasteiger partial charge in [-0.15, -0.1) is 10.2 Å². The molecule has 0 fully saturated rings. The van der Waals surface area contributed by atoms with E-state index in [0.717, 1.165) is 17.5 Å². The Kier molecular flexibility index (Phi) is 7.76. The molecule has 1 amide bonds. The number of carbonyl (C=O) groups is 2. The Morgan fingerprint density at radius 2 is 1.90 bits per heavy atom. The molecule has 0 spiro atoms. The van der Waals surface area contributed by atoms with Gasteiger partial charge in [-0.2, -0.15) is 0 Å². The van der Waals surface area contributed by atoms with Gasteiger partial charge in [0.15, 0.2) is 27.2 Å². The lowest BCUT2D eigenvalue weighted by molar-refractivity contribution is -0.117. The predicted octanol–water partition coefficient (Wildman–Crippen LogP) is 7.58. The first-order valence-electron chi connectivity index (χ1n) is 13.1. The number of thioether (sulfide) groups is 1. The van der Waals surface area contributed by atoms with E-state index in [1.54, 1.807) is 24.3 Å². The summed E-state index contributed by atoms with van der Waals surface area (Å²) in [5.74, 6) is -0.991. The van der Waals surface area contributed by atoms with Gasteiger partial charge in [0.2, 0.25) is 10.9 Å². The Bertz CT molecular complexity index is 1850. The Morgan fingerprint density at radius 3 is 2.64 bits per heavy atom. The number of aromatic nitrogens is 2. The zero-order valence-corrected chi connectivity index (χ0v) is 24.9. The van der Waals surface area contributed by atoms with E-state index in [1.165, 1.54) is 35.1 Å². The number of aliphatic hydroxyl groups excluding tert-OH is 1. The van der Waals surface area contributed by atoms with Crippen LogP contribution >= 0.6 is 34.7 Å². The van der Waals surface area contributed by atoms with Gasteiger partial charge in [-0.25, -0.2) is 0 Å². The lowest BCUT2D eigenvalue weighted by Gasteiger charge is -2.24. The number of aliphatic hydroxyl groups is 1. The molecule has 5 aromatic rings. The summed E-state index contributed by atoms with van der Waals surface area (Å²) in [4.78, 5) is 28.9. The molecule has 11 heteroatoms.